The van der Waals surface area contributed by atoms with E-state index >= 15 is 0 Å². The van der Waals surface area contributed by atoms with Gasteiger partial charge in [0, 0.05) is 25.3 Å². The minimum Gasteiger partial charge on any atom is -0.389 e. The zero-order valence-electron chi connectivity index (χ0n) is 13.0. The molecule has 1 aromatic heterocycles. The third-order valence-corrected chi connectivity index (χ3v) is 4.95. The zero-order chi connectivity index (χ0) is 14.7. The fourth-order valence-corrected chi connectivity index (χ4v) is 3.58. The Kier molecular flexibility index (Phi) is 4.76. The van der Waals surface area contributed by atoms with E-state index in [1.807, 2.05) is 12.1 Å². The van der Waals surface area contributed by atoms with Crippen molar-refractivity contribution in [3.8, 4) is 0 Å². The Morgan fingerprint density at radius 2 is 1.81 bits per heavy atom. The largest absolute Gasteiger partial charge is 0.389 e. The van der Waals surface area contributed by atoms with Crippen LogP contribution in [0.3, 0.4) is 0 Å². The molecular weight excluding hydrogens is 262 g/mol. The number of aromatic nitrogens is 1. The van der Waals surface area contributed by atoms with E-state index in [-0.39, 0.29) is 0 Å². The number of aliphatic hydroxyl groups excluding tert-OH is 1. The van der Waals surface area contributed by atoms with E-state index in [0.29, 0.717) is 0 Å². The summed E-state index contributed by atoms with van der Waals surface area (Å²) < 4.78 is 0. The first kappa shape index (κ1) is 14.8. The van der Waals surface area contributed by atoms with Crippen LogP contribution in [0.15, 0.2) is 18.3 Å². The minimum atomic E-state index is -0.434. The van der Waals surface area contributed by atoms with Crippen molar-refractivity contribution < 1.29 is 5.11 Å². The zero-order valence-corrected chi connectivity index (χ0v) is 13.0. The summed E-state index contributed by atoms with van der Waals surface area (Å²) in [5, 5.41) is 9.54. The summed E-state index contributed by atoms with van der Waals surface area (Å²) in [4.78, 5) is 9.59. The number of likely N-dealkylation sites (tertiary alicyclic amines) is 1. The molecule has 1 atom stereocenters. The fraction of sp³-hybridized carbons (Fsp3) is 0.706. The van der Waals surface area contributed by atoms with Gasteiger partial charge in [0.15, 0.2) is 0 Å². The lowest BCUT2D eigenvalue weighted by atomic mass is 10.00. The quantitative estimate of drug-likeness (QED) is 0.928. The molecule has 1 aromatic rings. The number of anilines is 1. The molecule has 0 bridgehead atoms. The molecule has 116 valence electrons. The average Bonchev–Trinajstić information content (AvgIpc) is 2.56. The van der Waals surface area contributed by atoms with Gasteiger partial charge in [0.1, 0.15) is 5.82 Å². The van der Waals surface area contributed by atoms with Crippen LogP contribution in [0, 0.1) is 0 Å². The number of rotatable bonds is 3. The van der Waals surface area contributed by atoms with Crippen LogP contribution in [-0.4, -0.2) is 47.2 Å². The van der Waals surface area contributed by atoms with Crippen LogP contribution in [-0.2, 0) is 0 Å². The van der Waals surface area contributed by atoms with Gasteiger partial charge in [0.05, 0.1) is 6.10 Å². The Morgan fingerprint density at radius 1 is 1.10 bits per heavy atom. The summed E-state index contributed by atoms with van der Waals surface area (Å²) in [6.45, 7) is 6.57. The van der Waals surface area contributed by atoms with E-state index in [2.05, 4.69) is 14.8 Å². The van der Waals surface area contributed by atoms with Crippen LogP contribution in [0.25, 0.3) is 0 Å². The molecule has 4 heteroatoms. The SMILES string of the molecule is C[C@H](O)c1ccc(N2CCC(N3CCCCC3)CC2)nc1. The number of hydrogen-bond acceptors (Lipinski definition) is 4. The van der Waals surface area contributed by atoms with Crippen LogP contribution in [0.2, 0.25) is 0 Å². The molecule has 0 aromatic carbocycles. The van der Waals surface area contributed by atoms with Crippen molar-refractivity contribution in [2.24, 2.45) is 0 Å². The van der Waals surface area contributed by atoms with E-state index in [4.69, 9.17) is 0 Å². The number of nitrogens with zero attached hydrogens (tertiary/aromatic N) is 3. The monoisotopic (exact) mass is 289 g/mol. The van der Waals surface area contributed by atoms with Gasteiger partial charge >= 0.3 is 0 Å². The second-order valence-electron chi connectivity index (χ2n) is 6.44. The van der Waals surface area contributed by atoms with E-state index in [1.165, 1.54) is 45.2 Å². The van der Waals surface area contributed by atoms with Gasteiger partial charge in [-0.15, -0.1) is 0 Å². The van der Waals surface area contributed by atoms with Gasteiger partial charge in [0.2, 0.25) is 0 Å². The molecular formula is C17H27N3O. The molecule has 0 aliphatic carbocycles. The summed E-state index contributed by atoms with van der Waals surface area (Å²) in [5.41, 5.74) is 0.891. The van der Waals surface area contributed by atoms with Crippen molar-refractivity contribution in [3.05, 3.63) is 23.9 Å². The normalized spacial score (nSPS) is 23.2. The van der Waals surface area contributed by atoms with Crippen molar-refractivity contribution in [2.45, 2.75) is 51.2 Å². The maximum Gasteiger partial charge on any atom is 0.128 e. The first-order valence-corrected chi connectivity index (χ1v) is 8.37. The van der Waals surface area contributed by atoms with Gasteiger partial charge in [-0.1, -0.05) is 12.5 Å². The molecule has 2 saturated heterocycles. The molecule has 0 unspecified atom stereocenters. The lowest BCUT2D eigenvalue weighted by Crippen LogP contribution is -2.46. The Labute approximate surface area is 127 Å². The molecule has 0 saturated carbocycles. The maximum absolute atomic E-state index is 9.54. The fourth-order valence-electron chi connectivity index (χ4n) is 3.58. The van der Waals surface area contributed by atoms with Gasteiger partial charge in [-0.3, -0.25) is 0 Å². The van der Waals surface area contributed by atoms with E-state index in [0.717, 1.165) is 30.5 Å². The van der Waals surface area contributed by atoms with E-state index in [9.17, 15) is 5.11 Å². The molecule has 4 nitrogen and oxygen atoms in total. The number of aliphatic hydroxyl groups is 1. The third-order valence-electron chi connectivity index (χ3n) is 4.95. The molecule has 3 rings (SSSR count). The van der Waals surface area contributed by atoms with Crippen molar-refractivity contribution in [2.75, 3.05) is 31.1 Å². The van der Waals surface area contributed by atoms with Crippen molar-refractivity contribution in [1.29, 1.82) is 0 Å². The molecule has 2 aliphatic rings. The predicted molar refractivity (Wildman–Crippen MR) is 85.5 cm³/mol. The molecule has 2 fully saturated rings. The summed E-state index contributed by atoms with van der Waals surface area (Å²) in [6, 6.07) is 4.81. The Hall–Kier alpha value is -1.13. The lowest BCUT2D eigenvalue weighted by Gasteiger charge is -2.40. The average molecular weight is 289 g/mol. The Balaban J connectivity index is 1.55. The van der Waals surface area contributed by atoms with Crippen LogP contribution in [0.1, 0.15) is 50.7 Å². The molecule has 3 heterocycles. The molecule has 2 aliphatic heterocycles. The standard InChI is InChI=1S/C17H27N3O/c1-14(21)15-5-6-17(18-13-15)20-11-7-16(8-12-20)19-9-3-2-4-10-19/h5-6,13-14,16,21H,2-4,7-12H2,1H3/t14-/m0/s1. The molecule has 0 radical (unpaired) electrons. The maximum atomic E-state index is 9.54. The van der Waals surface area contributed by atoms with Crippen LogP contribution < -0.4 is 4.90 Å². The first-order chi connectivity index (χ1) is 10.2. The van der Waals surface area contributed by atoms with Crippen molar-refractivity contribution >= 4 is 5.82 Å². The lowest BCUT2D eigenvalue weighted by molar-refractivity contribution is 0.141. The number of pyridine rings is 1. The highest BCUT2D eigenvalue weighted by Crippen LogP contribution is 2.24. The van der Waals surface area contributed by atoms with E-state index in [1.54, 1.807) is 13.1 Å². The Bertz CT molecular complexity index is 432. The summed E-state index contributed by atoms with van der Waals surface area (Å²) in [7, 11) is 0. The van der Waals surface area contributed by atoms with Gasteiger partial charge in [-0.25, -0.2) is 4.98 Å². The molecule has 0 spiro atoms. The van der Waals surface area contributed by atoms with Crippen molar-refractivity contribution in [3.63, 3.8) is 0 Å². The predicted octanol–water partition coefficient (Wildman–Crippen LogP) is 2.59. The molecule has 1 N–H and O–H groups in total. The number of hydrogen-bond donors (Lipinski definition) is 1. The van der Waals surface area contributed by atoms with Gasteiger partial charge < -0.3 is 14.9 Å². The second kappa shape index (κ2) is 6.75. The second-order valence-corrected chi connectivity index (χ2v) is 6.44. The van der Waals surface area contributed by atoms with Gasteiger partial charge in [-0.05, 0) is 57.3 Å². The minimum absolute atomic E-state index is 0.434. The molecule has 0 amide bonds. The summed E-state index contributed by atoms with van der Waals surface area (Å²) >= 11 is 0. The summed E-state index contributed by atoms with van der Waals surface area (Å²) in [5.74, 6) is 1.05. The highest BCUT2D eigenvalue weighted by Gasteiger charge is 2.25. The first-order valence-electron chi connectivity index (χ1n) is 8.37. The van der Waals surface area contributed by atoms with Gasteiger partial charge in [-0.2, -0.15) is 0 Å². The smallest absolute Gasteiger partial charge is 0.128 e. The molecule has 21 heavy (non-hydrogen) atoms. The van der Waals surface area contributed by atoms with Gasteiger partial charge in [0.25, 0.3) is 0 Å². The van der Waals surface area contributed by atoms with Crippen molar-refractivity contribution in [1.82, 2.24) is 9.88 Å². The van der Waals surface area contributed by atoms with Crippen LogP contribution in [0.5, 0.6) is 0 Å². The van der Waals surface area contributed by atoms with Crippen LogP contribution in [0.4, 0.5) is 5.82 Å². The van der Waals surface area contributed by atoms with E-state index < -0.39 is 6.10 Å². The van der Waals surface area contributed by atoms with Crippen LogP contribution >= 0.6 is 0 Å². The highest BCUT2D eigenvalue weighted by molar-refractivity contribution is 5.40. The topological polar surface area (TPSA) is 39.6 Å². The summed E-state index contributed by atoms with van der Waals surface area (Å²) in [6.07, 6.45) is 8.03. The number of piperidine rings is 2. The Morgan fingerprint density at radius 3 is 2.38 bits per heavy atom. The third kappa shape index (κ3) is 3.55. The highest BCUT2D eigenvalue weighted by atomic mass is 16.3.